The number of nitrogens with one attached hydrogen (secondary N) is 2. The van der Waals surface area contributed by atoms with Gasteiger partial charge in [-0.05, 0) is 80.6 Å². The number of hydrogen-bond donors (Lipinski definition) is 4. The Labute approximate surface area is 313 Å². The van der Waals surface area contributed by atoms with Crippen molar-refractivity contribution >= 4 is 56.6 Å². The van der Waals surface area contributed by atoms with Gasteiger partial charge in [-0.25, -0.2) is 9.97 Å². The molecule has 2 amide bonds. The summed E-state index contributed by atoms with van der Waals surface area (Å²) in [6.45, 7) is 7.12. The van der Waals surface area contributed by atoms with Crippen LogP contribution in [-0.2, 0) is 9.59 Å². The molecule has 6 heterocycles. The number of carbonyl (C=O) groups excluding carboxylic acids is 2. The Kier molecular flexibility index (Phi) is 9.37. The molecular formula is C41H47N9O4. The van der Waals surface area contributed by atoms with E-state index < -0.39 is 12.1 Å². The Morgan fingerprint density at radius 2 is 1.70 bits per heavy atom. The van der Waals surface area contributed by atoms with E-state index in [9.17, 15) is 14.7 Å². The SMILES string of the molecule is NC(O)c1ncc(N2CCCCC2)nc1Nc1ccc(C2CCN(CC3CN(c4cc5onc(C6CCC(=O)NC6=O)c5c5ccccc45)C3)CC2)cc1. The smallest absolute Gasteiger partial charge is 0.235 e. The minimum atomic E-state index is -1.21. The lowest BCUT2D eigenvalue weighted by Gasteiger charge is -2.44. The first-order valence-electron chi connectivity index (χ1n) is 19.4. The van der Waals surface area contributed by atoms with Crippen molar-refractivity contribution in [2.24, 2.45) is 11.7 Å². The van der Waals surface area contributed by atoms with Crippen LogP contribution in [0.15, 0.2) is 65.3 Å². The molecule has 9 rings (SSSR count). The van der Waals surface area contributed by atoms with E-state index in [1.165, 1.54) is 12.0 Å². The molecule has 3 aromatic carbocycles. The summed E-state index contributed by atoms with van der Waals surface area (Å²) in [6, 6.07) is 18.9. The van der Waals surface area contributed by atoms with Crippen LogP contribution in [0.2, 0.25) is 0 Å². The summed E-state index contributed by atoms with van der Waals surface area (Å²) in [5.41, 5.74) is 10.8. The molecule has 0 saturated carbocycles. The summed E-state index contributed by atoms with van der Waals surface area (Å²) in [5.74, 6) is 1.36. The van der Waals surface area contributed by atoms with Gasteiger partial charge in [-0.3, -0.25) is 14.9 Å². The van der Waals surface area contributed by atoms with Crippen molar-refractivity contribution in [1.29, 1.82) is 0 Å². The number of amides is 2. The van der Waals surface area contributed by atoms with E-state index in [1.807, 2.05) is 6.07 Å². The number of benzene rings is 3. The Morgan fingerprint density at radius 3 is 2.44 bits per heavy atom. The number of imide groups is 1. The molecule has 13 nitrogen and oxygen atoms in total. The molecule has 0 bridgehead atoms. The number of piperidine rings is 3. The van der Waals surface area contributed by atoms with Crippen LogP contribution in [0.5, 0.6) is 0 Å². The van der Waals surface area contributed by atoms with Crippen LogP contribution in [0.25, 0.3) is 21.7 Å². The van der Waals surface area contributed by atoms with Gasteiger partial charge in [-0.15, -0.1) is 0 Å². The third-order valence-corrected chi connectivity index (χ3v) is 11.8. The van der Waals surface area contributed by atoms with Crippen molar-refractivity contribution in [3.05, 3.63) is 77.7 Å². The number of anilines is 4. The number of rotatable bonds is 9. The average Bonchev–Trinajstić information content (AvgIpc) is 3.60. The number of carbonyl (C=O) groups is 2. The van der Waals surface area contributed by atoms with Crippen LogP contribution in [-0.4, -0.2) is 82.8 Å². The molecule has 280 valence electrons. The minimum Gasteiger partial charge on any atom is -0.373 e. The van der Waals surface area contributed by atoms with E-state index in [4.69, 9.17) is 15.2 Å². The van der Waals surface area contributed by atoms with Gasteiger partial charge in [0.25, 0.3) is 0 Å². The molecule has 2 unspecified atom stereocenters. The second-order valence-electron chi connectivity index (χ2n) is 15.4. The molecule has 54 heavy (non-hydrogen) atoms. The molecular weight excluding hydrogens is 683 g/mol. The van der Waals surface area contributed by atoms with Crippen molar-refractivity contribution in [2.75, 3.05) is 60.9 Å². The van der Waals surface area contributed by atoms with Gasteiger partial charge >= 0.3 is 0 Å². The average molecular weight is 730 g/mol. The molecule has 4 fully saturated rings. The van der Waals surface area contributed by atoms with Crippen molar-refractivity contribution in [2.45, 2.75) is 63.0 Å². The highest BCUT2D eigenvalue weighted by Gasteiger charge is 2.35. The zero-order valence-electron chi connectivity index (χ0n) is 30.4. The number of fused-ring (bicyclic) bond motifs is 3. The van der Waals surface area contributed by atoms with Gasteiger partial charge in [0.05, 0.1) is 17.5 Å². The molecule has 4 saturated heterocycles. The van der Waals surface area contributed by atoms with Gasteiger partial charge < -0.3 is 35.4 Å². The fraction of sp³-hybridized carbons (Fsp3) is 0.439. The molecule has 0 aliphatic carbocycles. The van der Waals surface area contributed by atoms with Crippen LogP contribution < -0.4 is 26.2 Å². The molecule has 13 heteroatoms. The van der Waals surface area contributed by atoms with Crippen LogP contribution in [0.4, 0.5) is 23.0 Å². The summed E-state index contributed by atoms with van der Waals surface area (Å²) in [4.78, 5) is 41.0. The molecule has 2 aromatic heterocycles. The maximum atomic E-state index is 12.7. The predicted octanol–water partition coefficient (Wildman–Crippen LogP) is 5.29. The van der Waals surface area contributed by atoms with E-state index in [0.717, 1.165) is 105 Å². The summed E-state index contributed by atoms with van der Waals surface area (Å²) >= 11 is 0. The van der Waals surface area contributed by atoms with Crippen molar-refractivity contribution < 1.29 is 19.2 Å². The van der Waals surface area contributed by atoms with Crippen LogP contribution in [0.1, 0.15) is 80.0 Å². The van der Waals surface area contributed by atoms with Gasteiger partial charge in [0, 0.05) is 67.9 Å². The molecule has 2 atom stereocenters. The first kappa shape index (κ1) is 34.6. The normalized spacial score (nSPS) is 21.0. The zero-order chi connectivity index (χ0) is 36.8. The highest BCUT2D eigenvalue weighted by Crippen LogP contribution is 2.41. The van der Waals surface area contributed by atoms with Gasteiger partial charge in [-0.1, -0.05) is 41.6 Å². The van der Waals surface area contributed by atoms with E-state index >= 15 is 0 Å². The first-order chi connectivity index (χ1) is 26.4. The van der Waals surface area contributed by atoms with E-state index in [2.05, 4.69) is 84.0 Å². The lowest BCUT2D eigenvalue weighted by molar-refractivity contribution is -0.134. The molecule has 0 radical (unpaired) electrons. The summed E-state index contributed by atoms with van der Waals surface area (Å²) < 4.78 is 5.84. The van der Waals surface area contributed by atoms with Gasteiger partial charge in [-0.2, -0.15) is 0 Å². The monoisotopic (exact) mass is 729 g/mol. The zero-order valence-corrected chi connectivity index (χ0v) is 30.4. The van der Waals surface area contributed by atoms with Gasteiger partial charge in [0.1, 0.15) is 23.4 Å². The Hall–Kier alpha value is -5.11. The second-order valence-corrected chi connectivity index (χ2v) is 15.4. The third kappa shape index (κ3) is 6.76. The Bertz CT molecular complexity index is 2170. The van der Waals surface area contributed by atoms with Crippen molar-refractivity contribution in [3.63, 3.8) is 0 Å². The largest absolute Gasteiger partial charge is 0.373 e. The van der Waals surface area contributed by atoms with Crippen molar-refractivity contribution in [3.8, 4) is 0 Å². The number of aromatic nitrogens is 3. The summed E-state index contributed by atoms with van der Waals surface area (Å²) in [5, 5.41) is 23.4. The topological polar surface area (TPSA) is 166 Å². The predicted molar refractivity (Wildman–Crippen MR) is 208 cm³/mol. The second kappa shape index (κ2) is 14.6. The summed E-state index contributed by atoms with van der Waals surface area (Å²) in [6.07, 6.45) is 7.00. The third-order valence-electron chi connectivity index (χ3n) is 11.8. The minimum absolute atomic E-state index is 0.238. The fourth-order valence-corrected chi connectivity index (χ4v) is 8.91. The van der Waals surface area contributed by atoms with E-state index in [0.29, 0.717) is 47.5 Å². The molecule has 5 aromatic rings. The number of aliphatic hydroxyl groups excluding tert-OH is 1. The highest BCUT2D eigenvalue weighted by atomic mass is 16.5. The Balaban J connectivity index is 0.804. The maximum Gasteiger partial charge on any atom is 0.235 e. The standard InChI is InChI=1S/C41H47N9O4/c42-39(52)38-40(45-34(21-43-38)49-16-4-1-5-17-49)44-28-10-8-26(9-11-28)27-14-18-48(19-15-27)22-25-23-50(24-25)32-20-33-36(30-7-3-2-6-29(30)32)37(47-54-33)31-12-13-35(51)46-41(31)53/h2-3,6-11,20-21,25,27,31,39,52H,1,4-5,12-19,22-24,42H2,(H,44,45)(H,46,51,53). The van der Waals surface area contributed by atoms with E-state index in [1.54, 1.807) is 6.20 Å². The lowest BCUT2D eigenvalue weighted by atomic mass is 9.88. The van der Waals surface area contributed by atoms with Crippen LogP contribution in [0.3, 0.4) is 0 Å². The van der Waals surface area contributed by atoms with Gasteiger partial charge in [0.2, 0.25) is 11.8 Å². The maximum absolute atomic E-state index is 12.7. The summed E-state index contributed by atoms with van der Waals surface area (Å²) in [7, 11) is 0. The number of nitrogens with zero attached hydrogens (tertiary/aromatic N) is 6. The van der Waals surface area contributed by atoms with Crippen LogP contribution >= 0.6 is 0 Å². The number of likely N-dealkylation sites (tertiary alicyclic amines) is 1. The fourth-order valence-electron chi connectivity index (χ4n) is 8.91. The van der Waals surface area contributed by atoms with Gasteiger partial charge in [0.15, 0.2) is 11.4 Å². The van der Waals surface area contributed by atoms with Crippen molar-refractivity contribution in [1.82, 2.24) is 25.3 Å². The lowest BCUT2D eigenvalue weighted by Crippen LogP contribution is -2.52. The molecule has 0 spiro atoms. The molecule has 4 aliphatic heterocycles. The van der Waals surface area contributed by atoms with E-state index in [-0.39, 0.29) is 11.8 Å². The number of aliphatic hydroxyl groups is 1. The number of hydrogen-bond acceptors (Lipinski definition) is 12. The van der Waals surface area contributed by atoms with Crippen LogP contribution in [0, 0.1) is 5.92 Å². The quantitative estimate of drug-likeness (QED) is 0.115. The Morgan fingerprint density at radius 1 is 0.944 bits per heavy atom. The molecule has 5 N–H and O–H groups in total. The molecule has 4 aliphatic rings. The highest BCUT2D eigenvalue weighted by molar-refractivity contribution is 6.14. The first-order valence-corrected chi connectivity index (χ1v) is 19.4. The number of nitrogens with two attached hydrogens (primary N) is 1.